The normalized spacial score (nSPS) is 15.1. The zero-order valence-corrected chi connectivity index (χ0v) is 15.1. The van der Waals surface area contributed by atoms with Crippen LogP contribution in [0.1, 0.15) is 22.7 Å². The Morgan fingerprint density at radius 3 is 2.74 bits per heavy atom. The molecule has 2 N–H and O–H groups in total. The van der Waals surface area contributed by atoms with E-state index in [9.17, 15) is 5.11 Å². The van der Waals surface area contributed by atoms with E-state index < -0.39 is 0 Å². The summed E-state index contributed by atoms with van der Waals surface area (Å²) >= 11 is 0. The monoisotopic (exact) mass is 356 g/mol. The fourth-order valence-corrected chi connectivity index (χ4v) is 4.01. The summed E-state index contributed by atoms with van der Waals surface area (Å²) in [5.74, 6) is 0.648. The SMILES string of the molecule is Cc1ccc(-c2ccccc2)c2c1C(NCCO)c1ccc3oc-2nc3c1. The molecule has 0 radical (unpaired) electrons. The number of aliphatic hydroxyl groups is 1. The average Bonchev–Trinajstić information content (AvgIpc) is 3.15. The van der Waals surface area contributed by atoms with Gasteiger partial charge in [0.2, 0.25) is 5.89 Å². The Balaban J connectivity index is 1.86. The molecule has 0 amide bonds. The van der Waals surface area contributed by atoms with Crippen molar-refractivity contribution < 1.29 is 9.52 Å². The molecule has 0 aliphatic carbocycles. The second-order valence-corrected chi connectivity index (χ2v) is 6.94. The van der Waals surface area contributed by atoms with Crippen molar-refractivity contribution in [3.05, 3.63) is 77.4 Å². The van der Waals surface area contributed by atoms with Crippen molar-refractivity contribution in [3.63, 3.8) is 0 Å². The number of aromatic nitrogens is 1. The molecule has 27 heavy (non-hydrogen) atoms. The van der Waals surface area contributed by atoms with E-state index in [-0.39, 0.29) is 12.6 Å². The summed E-state index contributed by atoms with van der Waals surface area (Å²) in [5.41, 5.74) is 8.38. The Hall–Kier alpha value is -2.95. The summed E-state index contributed by atoms with van der Waals surface area (Å²) in [5, 5.41) is 12.9. The van der Waals surface area contributed by atoms with Crippen LogP contribution in [0.15, 0.2) is 65.1 Å². The maximum atomic E-state index is 9.40. The van der Waals surface area contributed by atoms with Crippen LogP contribution in [0, 0.1) is 6.92 Å². The van der Waals surface area contributed by atoms with Gasteiger partial charge in [0.25, 0.3) is 0 Å². The van der Waals surface area contributed by atoms with Crippen molar-refractivity contribution in [2.75, 3.05) is 13.2 Å². The van der Waals surface area contributed by atoms with Crippen molar-refractivity contribution in [3.8, 4) is 22.6 Å². The topological polar surface area (TPSA) is 58.3 Å². The van der Waals surface area contributed by atoms with Gasteiger partial charge in [0.1, 0.15) is 5.52 Å². The molecule has 1 unspecified atom stereocenters. The van der Waals surface area contributed by atoms with Gasteiger partial charge in [0.15, 0.2) is 5.58 Å². The third-order valence-electron chi connectivity index (χ3n) is 5.26. The molecule has 0 saturated carbocycles. The number of hydrogen-bond acceptors (Lipinski definition) is 4. The van der Waals surface area contributed by atoms with Gasteiger partial charge >= 0.3 is 0 Å². The van der Waals surface area contributed by atoms with E-state index >= 15 is 0 Å². The average molecular weight is 356 g/mol. The molecule has 0 saturated heterocycles. The van der Waals surface area contributed by atoms with E-state index in [1.54, 1.807) is 0 Å². The number of hydrogen-bond donors (Lipinski definition) is 2. The molecule has 4 aromatic rings. The minimum atomic E-state index is -0.0317. The van der Waals surface area contributed by atoms with Gasteiger partial charge in [-0.05, 0) is 46.9 Å². The third-order valence-corrected chi connectivity index (χ3v) is 5.26. The molecule has 4 heteroatoms. The van der Waals surface area contributed by atoms with E-state index in [1.165, 1.54) is 5.56 Å². The number of fused-ring (bicyclic) bond motifs is 4. The van der Waals surface area contributed by atoms with E-state index in [1.807, 2.05) is 24.3 Å². The highest BCUT2D eigenvalue weighted by Gasteiger charge is 2.28. The Kier molecular flexibility index (Phi) is 3.81. The highest BCUT2D eigenvalue weighted by Crippen LogP contribution is 2.43. The molecular formula is C23H20N2O2. The lowest BCUT2D eigenvalue weighted by atomic mass is 9.85. The van der Waals surface area contributed by atoms with Gasteiger partial charge in [-0.15, -0.1) is 0 Å². The molecule has 3 bridgehead atoms. The number of aryl methyl sites for hydroxylation is 1. The lowest BCUT2D eigenvalue weighted by molar-refractivity contribution is 0.288. The molecule has 1 aliphatic heterocycles. The first-order valence-electron chi connectivity index (χ1n) is 9.20. The van der Waals surface area contributed by atoms with Crippen LogP contribution in [-0.2, 0) is 0 Å². The molecule has 3 aromatic carbocycles. The molecule has 134 valence electrons. The minimum absolute atomic E-state index is 0.0317. The van der Waals surface area contributed by atoms with Crippen LogP contribution in [0.3, 0.4) is 0 Å². The second kappa shape index (κ2) is 6.34. The van der Waals surface area contributed by atoms with Crippen LogP contribution in [0.2, 0.25) is 0 Å². The number of benzene rings is 3. The Bertz CT molecular complexity index is 1130. The predicted molar refractivity (Wildman–Crippen MR) is 107 cm³/mol. The standard InChI is InChI=1S/C23H20N2O2/c1-14-7-9-17(15-5-3-2-4-6-15)21-20(14)22(24-11-12-26)16-8-10-19-18(13-16)25-23(21)27-19/h2-10,13,22,24,26H,11-12H2,1H3. The van der Waals surface area contributed by atoms with E-state index in [0.29, 0.717) is 12.4 Å². The smallest absolute Gasteiger partial charge is 0.228 e. The van der Waals surface area contributed by atoms with Crippen LogP contribution < -0.4 is 5.32 Å². The number of nitrogens with zero attached hydrogens (tertiary/aromatic N) is 1. The lowest BCUT2D eigenvalue weighted by Crippen LogP contribution is -2.27. The van der Waals surface area contributed by atoms with Gasteiger partial charge in [0.05, 0.1) is 18.2 Å². The Morgan fingerprint density at radius 1 is 1.07 bits per heavy atom. The zero-order chi connectivity index (χ0) is 18.4. The summed E-state index contributed by atoms with van der Waals surface area (Å²) in [4.78, 5) is 4.78. The van der Waals surface area contributed by atoms with E-state index in [0.717, 1.165) is 38.9 Å². The van der Waals surface area contributed by atoms with Crippen molar-refractivity contribution >= 4 is 11.1 Å². The third kappa shape index (κ3) is 2.57. The second-order valence-electron chi connectivity index (χ2n) is 6.94. The molecule has 0 fully saturated rings. The van der Waals surface area contributed by atoms with Crippen molar-refractivity contribution in [2.24, 2.45) is 0 Å². The molecule has 2 heterocycles. The van der Waals surface area contributed by atoms with Crippen LogP contribution >= 0.6 is 0 Å². The van der Waals surface area contributed by atoms with Crippen molar-refractivity contribution in [2.45, 2.75) is 13.0 Å². The molecule has 1 aliphatic rings. The van der Waals surface area contributed by atoms with Gasteiger partial charge in [-0.3, -0.25) is 0 Å². The maximum Gasteiger partial charge on any atom is 0.228 e. The van der Waals surface area contributed by atoms with Crippen LogP contribution in [0.5, 0.6) is 0 Å². The molecule has 0 spiro atoms. The molecule has 1 atom stereocenters. The first-order valence-corrected chi connectivity index (χ1v) is 9.20. The Labute approximate surface area is 157 Å². The predicted octanol–water partition coefficient (Wildman–Crippen LogP) is 4.45. The molecule has 1 aromatic heterocycles. The quantitative estimate of drug-likeness (QED) is 0.567. The molecule has 4 nitrogen and oxygen atoms in total. The zero-order valence-electron chi connectivity index (χ0n) is 15.1. The van der Waals surface area contributed by atoms with Gasteiger partial charge in [-0.1, -0.05) is 48.5 Å². The number of nitrogens with one attached hydrogen (secondary N) is 1. The minimum Gasteiger partial charge on any atom is -0.436 e. The molecule has 5 rings (SSSR count). The van der Waals surface area contributed by atoms with Crippen LogP contribution in [0.4, 0.5) is 0 Å². The first-order chi connectivity index (χ1) is 13.3. The maximum absolute atomic E-state index is 9.40. The highest BCUT2D eigenvalue weighted by atomic mass is 16.3. The van der Waals surface area contributed by atoms with Crippen molar-refractivity contribution in [1.82, 2.24) is 10.3 Å². The number of aliphatic hydroxyl groups excluding tert-OH is 1. The summed E-state index contributed by atoms with van der Waals surface area (Å²) < 4.78 is 6.15. The summed E-state index contributed by atoms with van der Waals surface area (Å²) in [6.07, 6.45) is 0. The van der Waals surface area contributed by atoms with Gasteiger partial charge in [0, 0.05) is 6.54 Å². The highest BCUT2D eigenvalue weighted by molar-refractivity contribution is 5.88. The summed E-state index contributed by atoms with van der Waals surface area (Å²) in [6.45, 7) is 2.72. The molecular weight excluding hydrogens is 336 g/mol. The van der Waals surface area contributed by atoms with Crippen LogP contribution in [0.25, 0.3) is 33.7 Å². The van der Waals surface area contributed by atoms with Crippen molar-refractivity contribution in [1.29, 1.82) is 0 Å². The van der Waals surface area contributed by atoms with Gasteiger partial charge < -0.3 is 14.8 Å². The van der Waals surface area contributed by atoms with E-state index in [4.69, 9.17) is 9.40 Å². The lowest BCUT2D eigenvalue weighted by Gasteiger charge is -2.25. The number of rotatable bonds is 4. The first kappa shape index (κ1) is 16.2. The summed E-state index contributed by atoms with van der Waals surface area (Å²) in [7, 11) is 0. The fourth-order valence-electron chi connectivity index (χ4n) is 4.01. The van der Waals surface area contributed by atoms with Gasteiger partial charge in [-0.2, -0.15) is 0 Å². The Morgan fingerprint density at radius 2 is 1.93 bits per heavy atom. The van der Waals surface area contributed by atoms with Crippen LogP contribution in [-0.4, -0.2) is 23.2 Å². The fraction of sp³-hybridized carbons (Fsp3) is 0.174. The number of oxazole rings is 1. The largest absolute Gasteiger partial charge is 0.436 e. The van der Waals surface area contributed by atoms with Gasteiger partial charge in [-0.25, -0.2) is 4.98 Å². The van der Waals surface area contributed by atoms with E-state index in [2.05, 4.69) is 48.6 Å². The summed E-state index contributed by atoms with van der Waals surface area (Å²) in [6, 6.07) is 20.7.